The molecule has 0 nitrogen and oxygen atoms in total. The lowest BCUT2D eigenvalue weighted by Crippen LogP contribution is -2.21. The maximum Gasteiger partial charge on any atom is -0.0266 e. The largest absolute Gasteiger partial charge is 0.0648 e. The topological polar surface area (TPSA) is 0 Å². The van der Waals surface area contributed by atoms with Crippen molar-refractivity contribution in [3.63, 3.8) is 0 Å². The average molecular weight is 150 g/mol. The van der Waals surface area contributed by atoms with Crippen LogP contribution in [0.5, 0.6) is 0 Å². The van der Waals surface area contributed by atoms with Gasteiger partial charge >= 0.3 is 0 Å². The van der Waals surface area contributed by atoms with E-state index in [9.17, 15) is 0 Å². The highest BCUT2D eigenvalue weighted by Gasteiger charge is 2.56. The van der Waals surface area contributed by atoms with Crippen LogP contribution >= 0.6 is 0 Å². The van der Waals surface area contributed by atoms with Crippen molar-refractivity contribution in [3.8, 4) is 0 Å². The van der Waals surface area contributed by atoms with Gasteiger partial charge in [-0.15, -0.1) is 0 Å². The Morgan fingerprint density at radius 3 is 2.18 bits per heavy atom. The molecule has 0 heteroatoms. The summed E-state index contributed by atoms with van der Waals surface area (Å²) in [5.41, 5.74) is 0.869. The first-order chi connectivity index (χ1) is 5.32. The summed E-state index contributed by atoms with van der Waals surface area (Å²) in [5, 5.41) is 0. The Labute approximate surface area is 69.4 Å². The van der Waals surface area contributed by atoms with Crippen molar-refractivity contribution >= 4 is 0 Å². The van der Waals surface area contributed by atoms with Gasteiger partial charge in [-0.3, -0.25) is 0 Å². The zero-order chi connectivity index (χ0) is 7.47. The predicted octanol–water partition coefficient (Wildman–Crippen LogP) is 3.22. The third kappa shape index (κ3) is 0.666. The van der Waals surface area contributed by atoms with Gasteiger partial charge < -0.3 is 0 Å². The molecule has 0 N–H and O–H groups in total. The molecule has 62 valence electrons. The molecule has 2 atom stereocenters. The molecular formula is C11H18. The highest BCUT2D eigenvalue weighted by molar-refractivity contribution is 5.06. The van der Waals surface area contributed by atoms with Gasteiger partial charge in [0.15, 0.2) is 0 Å². The van der Waals surface area contributed by atoms with Crippen molar-refractivity contribution in [1.82, 2.24) is 0 Å². The minimum atomic E-state index is 0.869. The van der Waals surface area contributed by atoms with Crippen LogP contribution in [-0.4, -0.2) is 0 Å². The van der Waals surface area contributed by atoms with Crippen molar-refractivity contribution in [2.45, 2.75) is 45.4 Å². The summed E-state index contributed by atoms with van der Waals surface area (Å²) in [5.74, 6) is 3.48. The third-order valence-electron chi connectivity index (χ3n) is 4.86. The summed E-state index contributed by atoms with van der Waals surface area (Å²) < 4.78 is 0. The Morgan fingerprint density at radius 1 is 1.09 bits per heavy atom. The van der Waals surface area contributed by atoms with E-state index in [0.717, 1.165) is 23.2 Å². The Balaban J connectivity index is 1.98. The highest BCUT2D eigenvalue weighted by Crippen LogP contribution is 2.66. The van der Waals surface area contributed by atoms with E-state index in [2.05, 4.69) is 6.92 Å². The maximum atomic E-state index is 2.42. The second-order valence-electron chi connectivity index (χ2n) is 5.26. The smallest absolute Gasteiger partial charge is 0.0266 e. The van der Waals surface area contributed by atoms with Gasteiger partial charge in [0.1, 0.15) is 0 Å². The molecule has 0 aliphatic heterocycles. The summed E-state index contributed by atoms with van der Waals surface area (Å²) in [7, 11) is 0. The van der Waals surface area contributed by atoms with Crippen LogP contribution in [-0.2, 0) is 0 Å². The van der Waals surface area contributed by atoms with Crippen LogP contribution in [0.25, 0.3) is 0 Å². The molecule has 4 aliphatic carbocycles. The van der Waals surface area contributed by atoms with Gasteiger partial charge in [0, 0.05) is 0 Å². The quantitative estimate of drug-likeness (QED) is 0.538. The number of hydrogen-bond acceptors (Lipinski definition) is 0. The Kier molecular flexibility index (Phi) is 1.09. The van der Waals surface area contributed by atoms with Gasteiger partial charge in [-0.25, -0.2) is 0 Å². The molecule has 4 bridgehead atoms. The van der Waals surface area contributed by atoms with Crippen molar-refractivity contribution in [2.24, 2.45) is 23.2 Å². The molecule has 0 saturated heterocycles. The molecule has 4 aliphatic rings. The molecule has 4 rings (SSSR count). The fourth-order valence-electron chi connectivity index (χ4n) is 4.54. The Bertz CT molecular complexity index is 168. The standard InChI is InChI=1S/C11H18/c1-2-11-6-8-3-9(7-11)5-10(11)4-8/h8-10H,2-7H2,1H3. The predicted molar refractivity (Wildman–Crippen MR) is 46.3 cm³/mol. The molecule has 2 unspecified atom stereocenters. The summed E-state index contributed by atoms with van der Waals surface area (Å²) >= 11 is 0. The number of rotatable bonds is 1. The summed E-state index contributed by atoms with van der Waals surface area (Å²) in [4.78, 5) is 0. The van der Waals surface area contributed by atoms with E-state index >= 15 is 0 Å². The van der Waals surface area contributed by atoms with Gasteiger partial charge in [-0.2, -0.15) is 0 Å². The van der Waals surface area contributed by atoms with E-state index in [1.165, 1.54) is 6.42 Å². The van der Waals surface area contributed by atoms with E-state index in [1.54, 1.807) is 32.1 Å². The first kappa shape index (κ1) is 6.51. The summed E-state index contributed by atoms with van der Waals surface area (Å²) in [6.45, 7) is 2.42. The normalized spacial score (nSPS) is 59.2. The molecule has 4 fully saturated rings. The van der Waals surface area contributed by atoms with Gasteiger partial charge in [-0.1, -0.05) is 13.3 Å². The first-order valence-electron chi connectivity index (χ1n) is 5.32. The number of hydrogen-bond donors (Lipinski definition) is 0. The zero-order valence-electron chi connectivity index (χ0n) is 7.47. The molecule has 0 aromatic rings. The summed E-state index contributed by atoms with van der Waals surface area (Å²) in [6.07, 6.45) is 9.48. The van der Waals surface area contributed by atoms with Crippen LogP contribution in [0.1, 0.15) is 45.4 Å². The molecule has 4 saturated carbocycles. The minimum absolute atomic E-state index is 0.869. The molecule has 11 heavy (non-hydrogen) atoms. The van der Waals surface area contributed by atoms with E-state index in [4.69, 9.17) is 0 Å². The van der Waals surface area contributed by atoms with E-state index in [1.807, 2.05) is 0 Å². The lowest BCUT2D eigenvalue weighted by molar-refractivity contribution is 0.193. The monoisotopic (exact) mass is 150 g/mol. The Morgan fingerprint density at radius 2 is 1.73 bits per heavy atom. The second-order valence-corrected chi connectivity index (χ2v) is 5.26. The molecule has 0 amide bonds. The van der Waals surface area contributed by atoms with Crippen molar-refractivity contribution in [3.05, 3.63) is 0 Å². The molecule has 0 heterocycles. The molecule has 0 spiro atoms. The molecule has 0 aromatic heterocycles. The minimum Gasteiger partial charge on any atom is -0.0648 e. The maximum absolute atomic E-state index is 2.42. The van der Waals surface area contributed by atoms with Crippen LogP contribution in [0.3, 0.4) is 0 Å². The SMILES string of the molecule is CCC12CC3CC(CC1C3)C2. The van der Waals surface area contributed by atoms with Crippen molar-refractivity contribution in [2.75, 3.05) is 0 Å². The molecule has 0 radical (unpaired) electrons. The van der Waals surface area contributed by atoms with E-state index in [0.29, 0.717) is 0 Å². The lowest BCUT2D eigenvalue weighted by Gasteiger charge is -2.31. The molecule has 0 aromatic carbocycles. The summed E-state index contributed by atoms with van der Waals surface area (Å²) in [6, 6.07) is 0. The van der Waals surface area contributed by atoms with E-state index in [-0.39, 0.29) is 0 Å². The zero-order valence-corrected chi connectivity index (χ0v) is 7.47. The van der Waals surface area contributed by atoms with Crippen LogP contribution in [0.15, 0.2) is 0 Å². The lowest BCUT2D eigenvalue weighted by atomic mass is 9.74. The fourth-order valence-corrected chi connectivity index (χ4v) is 4.54. The van der Waals surface area contributed by atoms with Crippen LogP contribution < -0.4 is 0 Å². The third-order valence-corrected chi connectivity index (χ3v) is 4.86. The van der Waals surface area contributed by atoms with Gasteiger partial charge in [0.05, 0.1) is 0 Å². The van der Waals surface area contributed by atoms with Gasteiger partial charge in [0.25, 0.3) is 0 Å². The first-order valence-corrected chi connectivity index (χ1v) is 5.32. The Hall–Kier alpha value is 0. The van der Waals surface area contributed by atoms with Crippen molar-refractivity contribution < 1.29 is 0 Å². The second kappa shape index (κ2) is 1.84. The van der Waals surface area contributed by atoms with Crippen LogP contribution in [0, 0.1) is 23.2 Å². The van der Waals surface area contributed by atoms with Gasteiger partial charge in [-0.05, 0) is 55.3 Å². The van der Waals surface area contributed by atoms with Crippen molar-refractivity contribution in [1.29, 1.82) is 0 Å². The van der Waals surface area contributed by atoms with E-state index < -0.39 is 0 Å². The van der Waals surface area contributed by atoms with Gasteiger partial charge in [0.2, 0.25) is 0 Å². The van der Waals surface area contributed by atoms with Crippen LogP contribution in [0.2, 0.25) is 0 Å². The average Bonchev–Trinajstić information content (AvgIpc) is 2.37. The highest BCUT2D eigenvalue weighted by atomic mass is 14.6. The molecular weight excluding hydrogens is 132 g/mol. The van der Waals surface area contributed by atoms with Crippen LogP contribution in [0.4, 0.5) is 0 Å². The fraction of sp³-hybridized carbons (Fsp3) is 1.00.